The average molecular weight is 518 g/mol. The number of oxime groups is 1. The first-order valence-corrected chi connectivity index (χ1v) is 13.0. The summed E-state index contributed by atoms with van der Waals surface area (Å²) in [6.07, 6.45) is 2.34. The second kappa shape index (κ2) is 12.3. The zero-order valence-electron chi connectivity index (χ0n) is 21.2. The van der Waals surface area contributed by atoms with Crippen LogP contribution in [-0.2, 0) is 15.8 Å². The number of hydrogen-bond acceptors (Lipinski definition) is 5. The van der Waals surface area contributed by atoms with Gasteiger partial charge >= 0.3 is 6.18 Å². The normalized spacial score (nSPS) is 17.6. The zero-order valence-corrected chi connectivity index (χ0v) is 21.2. The third-order valence-corrected chi connectivity index (χ3v) is 6.92. The summed E-state index contributed by atoms with van der Waals surface area (Å²) in [6, 6.07) is 12.8. The van der Waals surface area contributed by atoms with Crippen molar-refractivity contribution in [1.29, 1.82) is 0 Å². The molecule has 0 N–H and O–H groups in total. The maximum Gasteiger partial charge on any atom is 0.416 e. The molecule has 37 heavy (non-hydrogen) atoms. The average Bonchev–Trinajstić information content (AvgIpc) is 2.93. The summed E-state index contributed by atoms with van der Waals surface area (Å²) in [7, 11) is 0. The van der Waals surface area contributed by atoms with Crippen LogP contribution in [0.3, 0.4) is 0 Å². The van der Waals surface area contributed by atoms with Gasteiger partial charge in [0.15, 0.2) is 6.61 Å². The molecule has 1 aliphatic heterocycles. The summed E-state index contributed by atoms with van der Waals surface area (Å²) in [5, 5.41) is 4.40. The molecule has 200 valence electrons. The largest absolute Gasteiger partial charge is 0.484 e. The van der Waals surface area contributed by atoms with Gasteiger partial charge in [-0.15, -0.1) is 0 Å². The number of hydrogen-bond donors (Lipinski definition) is 0. The number of anilines is 1. The smallest absolute Gasteiger partial charge is 0.416 e. The van der Waals surface area contributed by atoms with Crippen LogP contribution in [0.25, 0.3) is 0 Å². The van der Waals surface area contributed by atoms with E-state index in [2.05, 4.69) is 5.16 Å². The van der Waals surface area contributed by atoms with E-state index in [1.54, 1.807) is 11.0 Å². The number of amides is 1. The topological polar surface area (TPSA) is 54.4 Å². The minimum absolute atomic E-state index is 0.0948. The molecule has 2 aromatic rings. The Kier molecular flexibility index (Phi) is 8.95. The molecular weight excluding hydrogens is 483 g/mol. The molecule has 0 unspecified atom stereocenters. The SMILES string of the molecule is CC/C(=N/OC1CCCCC1)c1ccc(OCC(=O)N2CCN(c3cccc(C(F)(F)F)c3)CC2)cc1. The highest BCUT2D eigenvalue weighted by Gasteiger charge is 2.31. The minimum Gasteiger partial charge on any atom is -0.484 e. The molecule has 0 radical (unpaired) electrons. The number of piperazine rings is 1. The molecule has 1 amide bonds. The van der Waals surface area contributed by atoms with Gasteiger partial charge in [-0.2, -0.15) is 13.2 Å². The number of carbonyl (C=O) groups excluding carboxylic acids is 1. The Morgan fingerprint density at radius 1 is 1.00 bits per heavy atom. The molecular formula is C28H34F3N3O3. The highest BCUT2D eigenvalue weighted by molar-refractivity contribution is 6.00. The van der Waals surface area contributed by atoms with Crippen LogP contribution in [0.1, 0.15) is 56.6 Å². The van der Waals surface area contributed by atoms with Gasteiger partial charge in [-0.25, -0.2) is 0 Å². The maximum absolute atomic E-state index is 13.0. The van der Waals surface area contributed by atoms with E-state index in [-0.39, 0.29) is 18.6 Å². The van der Waals surface area contributed by atoms with Gasteiger partial charge in [0.1, 0.15) is 11.9 Å². The summed E-state index contributed by atoms with van der Waals surface area (Å²) in [6.45, 7) is 3.72. The third-order valence-electron chi connectivity index (χ3n) is 6.92. The highest BCUT2D eigenvalue weighted by Crippen LogP contribution is 2.32. The molecule has 2 aliphatic rings. The fourth-order valence-electron chi connectivity index (χ4n) is 4.70. The molecule has 4 rings (SSSR count). The highest BCUT2D eigenvalue weighted by atomic mass is 19.4. The monoisotopic (exact) mass is 517 g/mol. The second-order valence-corrected chi connectivity index (χ2v) is 9.49. The molecule has 2 aromatic carbocycles. The molecule has 0 bridgehead atoms. The van der Waals surface area contributed by atoms with Crippen LogP contribution in [-0.4, -0.2) is 55.4 Å². The molecule has 9 heteroatoms. The zero-order chi connectivity index (χ0) is 26.3. The standard InChI is InChI=1S/C28H34F3N3O3/c1-2-26(32-37-25-9-4-3-5-10-25)21-11-13-24(14-12-21)36-20-27(35)34-17-15-33(16-18-34)23-8-6-7-22(19-23)28(29,30)31/h6-8,11-14,19,25H,2-5,9-10,15-18,20H2,1H3/b32-26-. The van der Waals surface area contributed by atoms with Gasteiger partial charge in [0, 0.05) is 31.9 Å². The molecule has 0 spiro atoms. The van der Waals surface area contributed by atoms with E-state index in [9.17, 15) is 18.0 Å². The van der Waals surface area contributed by atoms with E-state index >= 15 is 0 Å². The lowest BCUT2D eigenvalue weighted by atomic mass is 9.98. The van der Waals surface area contributed by atoms with Crippen molar-refractivity contribution in [2.75, 3.05) is 37.7 Å². The third kappa shape index (κ3) is 7.40. The molecule has 1 saturated heterocycles. The van der Waals surface area contributed by atoms with Gasteiger partial charge < -0.3 is 19.4 Å². The van der Waals surface area contributed by atoms with Crippen LogP contribution in [0.4, 0.5) is 18.9 Å². The van der Waals surface area contributed by atoms with E-state index < -0.39 is 11.7 Å². The lowest BCUT2D eigenvalue weighted by Gasteiger charge is -2.36. The Labute approximate surface area is 216 Å². The number of carbonyl (C=O) groups is 1. The fraction of sp³-hybridized carbons (Fsp3) is 0.500. The minimum atomic E-state index is -4.38. The van der Waals surface area contributed by atoms with Crippen LogP contribution in [0, 0.1) is 0 Å². The lowest BCUT2D eigenvalue weighted by molar-refractivity contribution is -0.137. The Bertz CT molecular complexity index is 1060. The summed E-state index contributed by atoms with van der Waals surface area (Å²) in [5.41, 5.74) is 1.68. The van der Waals surface area contributed by atoms with Crippen molar-refractivity contribution in [3.63, 3.8) is 0 Å². The number of benzene rings is 2. The predicted molar refractivity (Wildman–Crippen MR) is 137 cm³/mol. The van der Waals surface area contributed by atoms with Gasteiger partial charge in [-0.1, -0.05) is 24.6 Å². The first-order chi connectivity index (χ1) is 17.8. The number of rotatable bonds is 8. The van der Waals surface area contributed by atoms with E-state index in [4.69, 9.17) is 9.57 Å². The van der Waals surface area contributed by atoms with Crippen LogP contribution < -0.4 is 9.64 Å². The van der Waals surface area contributed by atoms with Crippen molar-refractivity contribution in [3.8, 4) is 5.75 Å². The Morgan fingerprint density at radius 3 is 2.35 bits per heavy atom. The van der Waals surface area contributed by atoms with E-state index in [1.807, 2.05) is 36.1 Å². The van der Waals surface area contributed by atoms with Crippen LogP contribution in [0.2, 0.25) is 0 Å². The maximum atomic E-state index is 13.0. The van der Waals surface area contributed by atoms with Gasteiger partial charge in [0.2, 0.25) is 0 Å². The van der Waals surface area contributed by atoms with Crippen molar-refractivity contribution in [2.45, 2.75) is 57.7 Å². The van der Waals surface area contributed by atoms with Gasteiger partial charge in [0.25, 0.3) is 5.91 Å². The molecule has 1 saturated carbocycles. The van der Waals surface area contributed by atoms with Gasteiger partial charge in [-0.05, 0) is 80.1 Å². The first kappa shape index (κ1) is 26.8. The van der Waals surface area contributed by atoms with Crippen molar-refractivity contribution in [1.82, 2.24) is 4.90 Å². The Balaban J connectivity index is 1.24. The van der Waals surface area contributed by atoms with E-state index in [0.717, 1.165) is 42.7 Å². The quantitative estimate of drug-likeness (QED) is 0.323. The summed E-state index contributed by atoms with van der Waals surface area (Å²) in [4.78, 5) is 22.0. The van der Waals surface area contributed by atoms with Crippen molar-refractivity contribution in [2.24, 2.45) is 5.16 Å². The number of halogens is 3. The van der Waals surface area contributed by atoms with E-state index in [0.29, 0.717) is 37.6 Å². The second-order valence-electron chi connectivity index (χ2n) is 9.49. The van der Waals surface area contributed by atoms with E-state index in [1.165, 1.54) is 25.3 Å². The van der Waals surface area contributed by atoms with Crippen molar-refractivity contribution >= 4 is 17.3 Å². The van der Waals surface area contributed by atoms with Crippen LogP contribution in [0.15, 0.2) is 53.7 Å². The van der Waals surface area contributed by atoms with Crippen LogP contribution in [0.5, 0.6) is 5.75 Å². The van der Waals surface area contributed by atoms with Gasteiger partial charge in [0.05, 0.1) is 11.3 Å². The summed E-state index contributed by atoms with van der Waals surface area (Å²) >= 11 is 0. The molecule has 1 aliphatic carbocycles. The summed E-state index contributed by atoms with van der Waals surface area (Å²) in [5.74, 6) is 0.438. The van der Waals surface area contributed by atoms with Crippen molar-refractivity contribution < 1.29 is 27.5 Å². The lowest BCUT2D eigenvalue weighted by Crippen LogP contribution is -2.50. The first-order valence-electron chi connectivity index (χ1n) is 13.0. The number of ether oxygens (including phenoxy) is 1. The molecule has 0 atom stereocenters. The molecule has 6 nitrogen and oxygen atoms in total. The van der Waals surface area contributed by atoms with Crippen molar-refractivity contribution in [3.05, 3.63) is 59.7 Å². The van der Waals surface area contributed by atoms with Crippen LogP contribution >= 0.6 is 0 Å². The fourth-order valence-corrected chi connectivity index (χ4v) is 4.70. The number of alkyl halides is 3. The molecule has 2 fully saturated rings. The molecule has 0 aromatic heterocycles. The Hall–Kier alpha value is -3.23. The number of nitrogens with zero attached hydrogens (tertiary/aromatic N) is 3. The van der Waals surface area contributed by atoms with Gasteiger partial charge in [-0.3, -0.25) is 4.79 Å². The molecule has 1 heterocycles. The Morgan fingerprint density at radius 2 is 1.70 bits per heavy atom. The predicted octanol–water partition coefficient (Wildman–Crippen LogP) is 5.90. The summed E-state index contributed by atoms with van der Waals surface area (Å²) < 4.78 is 44.8.